The molecule has 110 valence electrons. The van der Waals surface area contributed by atoms with Gasteiger partial charge in [-0.1, -0.05) is 57.5 Å². The molecule has 0 bridgehead atoms. The van der Waals surface area contributed by atoms with E-state index >= 15 is 0 Å². The molecule has 2 rings (SSSR count). The normalized spacial score (nSPS) is 21.3. The Hall–Kier alpha value is -1.09. The zero-order valence-corrected chi connectivity index (χ0v) is 13.6. The van der Waals surface area contributed by atoms with E-state index in [0.717, 1.165) is 18.4 Å². The molecule has 20 heavy (non-hydrogen) atoms. The van der Waals surface area contributed by atoms with E-state index in [1.165, 1.54) is 0 Å². The van der Waals surface area contributed by atoms with Crippen LogP contribution in [0.2, 0.25) is 0 Å². The van der Waals surface area contributed by atoms with Crippen LogP contribution in [0.4, 0.5) is 0 Å². The average Bonchev–Trinajstić information content (AvgIpc) is 2.35. The smallest absolute Gasteiger partial charge is 0.182 e. The first-order chi connectivity index (χ1) is 9.12. The number of allylic oxidation sites excluding steroid dienone is 1. The second-order valence-electron chi connectivity index (χ2n) is 7.11. The number of rotatable bonds is 3. The van der Waals surface area contributed by atoms with Gasteiger partial charge in [0.15, 0.2) is 9.84 Å². The molecule has 0 spiro atoms. The molecule has 0 aliphatic heterocycles. The third-order valence-electron chi connectivity index (χ3n) is 4.28. The van der Waals surface area contributed by atoms with Crippen LogP contribution in [0.5, 0.6) is 0 Å². The Bertz CT molecular complexity index is 608. The maximum absolute atomic E-state index is 12.6. The molecule has 0 heterocycles. The number of benzene rings is 1. The molecule has 0 saturated heterocycles. The molecule has 0 radical (unpaired) electrons. The molecular weight excluding hydrogens is 268 g/mol. The van der Waals surface area contributed by atoms with Crippen molar-refractivity contribution in [2.75, 3.05) is 5.75 Å². The van der Waals surface area contributed by atoms with Crippen LogP contribution in [0, 0.1) is 10.8 Å². The Morgan fingerprint density at radius 1 is 1.00 bits per heavy atom. The molecule has 3 heteroatoms. The predicted molar refractivity (Wildman–Crippen MR) is 83.4 cm³/mol. The van der Waals surface area contributed by atoms with Crippen molar-refractivity contribution in [1.82, 2.24) is 0 Å². The van der Waals surface area contributed by atoms with Gasteiger partial charge in [0, 0.05) is 0 Å². The molecule has 1 aromatic rings. The van der Waals surface area contributed by atoms with Gasteiger partial charge >= 0.3 is 0 Å². The van der Waals surface area contributed by atoms with Gasteiger partial charge in [-0.25, -0.2) is 8.42 Å². The number of sulfone groups is 1. The molecule has 0 amide bonds. The van der Waals surface area contributed by atoms with Gasteiger partial charge in [-0.2, -0.15) is 0 Å². The summed E-state index contributed by atoms with van der Waals surface area (Å²) in [7, 11) is -3.25. The molecule has 1 aliphatic rings. The highest BCUT2D eigenvalue weighted by molar-refractivity contribution is 7.91. The molecule has 0 unspecified atom stereocenters. The predicted octanol–water partition coefficient (Wildman–Crippen LogP) is 4.23. The van der Waals surface area contributed by atoms with E-state index in [9.17, 15) is 8.42 Å². The lowest BCUT2D eigenvalue weighted by Gasteiger charge is -2.38. The molecule has 0 saturated carbocycles. The van der Waals surface area contributed by atoms with Gasteiger partial charge in [-0.15, -0.1) is 0 Å². The highest BCUT2D eigenvalue weighted by atomic mass is 32.2. The quantitative estimate of drug-likeness (QED) is 0.781. The van der Waals surface area contributed by atoms with E-state index in [-0.39, 0.29) is 16.6 Å². The zero-order chi connectivity index (χ0) is 15.0. The molecular formula is C17H24O2S. The topological polar surface area (TPSA) is 34.1 Å². The van der Waals surface area contributed by atoms with E-state index < -0.39 is 9.84 Å². The molecule has 1 aromatic carbocycles. The van der Waals surface area contributed by atoms with Crippen LogP contribution in [0.3, 0.4) is 0 Å². The second-order valence-corrected chi connectivity index (χ2v) is 9.10. The van der Waals surface area contributed by atoms with Crippen LogP contribution >= 0.6 is 0 Å². The van der Waals surface area contributed by atoms with Crippen molar-refractivity contribution in [1.29, 1.82) is 0 Å². The fourth-order valence-corrected chi connectivity index (χ4v) is 4.31. The summed E-state index contributed by atoms with van der Waals surface area (Å²) in [6, 6.07) is 8.74. The first kappa shape index (κ1) is 15.3. The van der Waals surface area contributed by atoms with Gasteiger partial charge in [0.05, 0.1) is 10.6 Å². The van der Waals surface area contributed by atoms with Crippen molar-refractivity contribution in [3.63, 3.8) is 0 Å². The summed E-state index contributed by atoms with van der Waals surface area (Å²) in [5, 5.41) is 0. The molecule has 2 nitrogen and oxygen atoms in total. The van der Waals surface area contributed by atoms with Crippen molar-refractivity contribution >= 4 is 9.84 Å². The van der Waals surface area contributed by atoms with Gasteiger partial charge in [0.2, 0.25) is 0 Å². The minimum absolute atomic E-state index is 0.0304. The average molecular weight is 292 g/mol. The first-order valence-corrected chi connectivity index (χ1v) is 8.78. The summed E-state index contributed by atoms with van der Waals surface area (Å²) in [6.07, 6.45) is 4.32. The Kier molecular flexibility index (Phi) is 3.85. The Morgan fingerprint density at radius 2 is 1.60 bits per heavy atom. The number of hydrogen-bond acceptors (Lipinski definition) is 2. The zero-order valence-electron chi connectivity index (χ0n) is 12.8. The summed E-state index contributed by atoms with van der Waals surface area (Å²) < 4.78 is 25.1. The second kappa shape index (κ2) is 5.03. The minimum Gasteiger partial charge on any atom is -0.223 e. The van der Waals surface area contributed by atoms with E-state index in [0.29, 0.717) is 4.90 Å². The van der Waals surface area contributed by atoms with Crippen molar-refractivity contribution in [3.8, 4) is 0 Å². The van der Waals surface area contributed by atoms with Crippen LogP contribution in [-0.2, 0) is 9.84 Å². The molecule has 0 fully saturated rings. The summed E-state index contributed by atoms with van der Waals surface area (Å²) in [5.41, 5.74) is 1.12. The largest absolute Gasteiger partial charge is 0.223 e. The maximum Gasteiger partial charge on any atom is 0.182 e. The van der Waals surface area contributed by atoms with E-state index in [4.69, 9.17) is 0 Å². The van der Waals surface area contributed by atoms with Gasteiger partial charge in [-0.05, 0) is 35.8 Å². The lowest BCUT2D eigenvalue weighted by atomic mass is 9.68. The van der Waals surface area contributed by atoms with Crippen molar-refractivity contribution in [2.45, 2.75) is 45.4 Å². The van der Waals surface area contributed by atoms with Crippen LogP contribution in [-0.4, -0.2) is 14.2 Å². The fraction of sp³-hybridized carbons (Fsp3) is 0.529. The van der Waals surface area contributed by atoms with Crippen molar-refractivity contribution in [3.05, 3.63) is 42.0 Å². The lowest BCUT2D eigenvalue weighted by Crippen LogP contribution is -2.29. The highest BCUT2D eigenvalue weighted by Crippen LogP contribution is 2.44. The van der Waals surface area contributed by atoms with Crippen LogP contribution < -0.4 is 0 Å². The lowest BCUT2D eigenvalue weighted by molar-refractivity contribution is 0.280. The van der Waals surface area contributed by atoms with Gasteiger partial charge in [0.25, 0.3) is 0 Å². The molecule has 0 aromatic heterocycles. The number of hydrogen-bond donors (Lipinski definition) is 0. The van der Waals surface area contributed by atoms with Gasteiger partial charge < -0.3 is 0 Å². The summed E-state index contributed by atoms with van der Waals surface area (Å²) in [5.74, 6) is 0.132. The van der Waals surface area contributed by atoms with Crippen molar-refractivity contribution < 1.29 is 8.42 Å². The Morgan fingerprint density at radius 3 is 2.20 bits per heavy atom. The van der Waals surface area contributed by atoms with Gasteiger partial charge in [-0.3, -0.25) is 0 Å². The van der Waals surface area contributed by atoms with Crippen molar-refractivity contribution in [2.24, 2.45) is 10.8 Å². The highest BCUT2D eigenvalue weighted by Gasteiger charge is 2.35. The van der Waals surface area contributed by atoms with E-state index in [1.807, 2.05) is 6.07 Å². The SMILES string of the molecule is CC1(C)C=C(CS(=O)(=O)c2ccccc2)C(C)(C)CC1. The molecule has 0 atom stereocenters. The Labute approximate surface area is 122 Å². The third kappa shape index (κ3) is 3.32. The summed E-state index contributed by atoms with van der Waals surface area (Å²) >= 11 is 0. The van der Waals surface area contributed by atoms with E-state index in [2.05, 4.69) is 33.8 Å². The monoisotopic (exact) mass is 292 g/mol. The maximum atomic E-state index is 12.6. The minimum atomic E-state index is -3.25. The van der Waals surface area contributed by atoms with Crippen LogP contribution in [0.15, 0.2) is 46.9 Å². The van der Waals surface area contributed by atoms with Gasteiger partial charge in [0.1, 0.15) is 0 Å². The fourth-order valence-electron chi connectivity index (χ4n) is 2.69. The first-order valence-electron chi connectivity index (χ1n) is 7.12. The van der Waals surface area contributed by atoms with E-state index in [1.54, 1.807) is 24.3 Å². The summed E-state index contributed by atoms with van der Waals surface area (Å²) in [4.78, 5) is 0.417. The van der Waals surface area contributed by atoms with Crippen LogP contribution in [0.25, 0.3) is 0 Å². The molecule has 0 N–H and O–H groups in total. The molecule has 1 aliphatic carbocycles. The third-order valence-corrected chi connectivity index (χ3v) is 5.96. The Balaban J connectivity index is 2.35. The van der Waals surface area contributed by atoms with Crippen LogP contribution in [0.1, 0.15) is 40.5 Å². The standard InChI is InChI=1S/C17H24O2S/c1-16(2)10-11-17(3,4)14(12-16)13-20(18,19)15-8-6-5-7-9-15/h5-9,12H,10-11,13H2,1-4H3. The summed E-state index contributed by atoms with van der Waals surface area (Å²) in [6.45, 7) is 8.65.